The maximum absolute atomic E-state index is 9.17. The Morgan fingerprint density at radius 2 is 1.95 bits per heavy atom. The van der Waals surface area contributed by atoms with Gasteiger partial charge < -0.3 is 19.9 Å². The molecule has 4 heteroatoms. The van der Waals surface area contributed by atoms with Gasteiger partial charge in [0.15, 0.2) is 11.5 Å². The number of aliphatic hydroxyl groups excluding tert-OH is 1. The van der Waals surface area contributed by atoms with Crippen molar-refractivity contribution in [1.82, 2.24) is 5.32 Å². The molecule has 114 valence electrons. The van der Waals surface area contributed by atoms with Crippen molar-refractivity contribution in [3.63, 3.8) is 0 Å². The van der Waals surface area contributed by atoms with Crippen molar-refractivity contribution in [2.75, 3.05) is 13.7 Å². The van der Waals surface area contributed by atoms with E-state index in [4.69, 9.17) is 14.6 Å². The zero-order valence-electron chi connectivity index (χ0n) is 13.0. The predicted octanol–water partition coefficient (Wildman–Crippen LogP) is 2.73. The summed E-state index contributed by atoms with van der Waals surface area (Å²) in [6.45, 7) is 7.05. The first-order valence-electron chi connectivity index (χ1n) is 7.32. The van der Waals surface area contributed by atoms with Crippen LogP contribution in [0.25, 0.3) is 0 Å². The van der Waals surface area contributed by atoms with Gasteiger partial charge in [-0.05, 0) is 37.5 Å². The van der Waals surface area contributed by atoms with Gasteiger partial charge in [-0.15, -0.1) is 0 Å². The molecule has 2 N–H and O–H groups in total. The number of benzene rings is 1. The van der Waals surface area contributed by atoms with Crippen molar-refractivity contribution in [3.05, 3.63) is 23.8 Å². The van der Waals surface area contributed by atoms with Crippen molar-refractivity contribution in [3.8, 4) is 11.5 Å². The maximum Gasteiger partial charge on any atom is 0.161 e. The van der Waals surface area contributed by atoms with E-state index in [1.807, 2.05) is 25.1 Å². The second-order valence-corrected chi connectivity index (χ2v) is 4.99. The van der Waals surface area contributed by atoms with Crippen LogP contribution < -0.4 is 14.8 Å². The third-order valence-electron chi connectivity index (χ3n) is 3.44. The summed E-state index contributed by atoms with van der Waals surface area (Å²) in [4.78, 5) is 0. The van der Waals surface area contributed by atoms with Crippen LogP contribution in [0.2, 0.25) is 0 Å². The molecule has 1 rings (SSSR count). The zero-order valence-corrected chi connectivity index (χ0v) is 13.0. The summed E-state index contributed by atoms with van der Waals surface area (Å²) in [6.07, 6.45) is 2.04. The number of nitrogens with one attached hydrogen (secondary N) is 1. The number of hydrogen-bond donors (Lipinski definition) is 2. The molecule has 20 heavy (non-hydrogen) atoms. The van der Waals surface area contributed by atoms with E-state index in [0.29, 0.717) is 6.54 Å². The van der Waals surface area contributed by atoms with Gasteiger partial charge in [0.25, 0.3) is 0 Å². The van der Waals surface area contributed by atoms with Crippen molar-refractivity contribution in [1.29, 1.82) is 0 Å². The lowest BCUT2D eigenvalue weighted by atomic mass is 10.1. The van der Waals surface area contributed by atoms with Crippen LogP contribution in [0.3, 0.4) is 0 Å². The normalized spacial score (nSPS) is 13.8. The molecule has 0 radical (unpaired) electrons. The molecule has 0 aliphatic rings. The van der Waals surface area contributed by atoms with Gasteiger partial charge in [0.2, 0.25) is 0 Å². The average molecular weight is 281 g/mol. The Hall–Kier alpha value is -1.26. The summed E-state index contributed by atoms with van der Waals surface area (Å²) < 4.78 is 11.2. The highest BCUT2D eigenvalue weighted by atomic mass is 16.5. The van der Waals surface area contributed by atoms with Crippen LogP contribution >= 0.6 is 0 Å². The molecule has 0 amide bonds. The third-order valence-corrected chi connectivity index (χ3v) is 3.44. The van der Waals surface area contributed by atoms with Crippen LogP contribution in [0.15, 0.2) is 18.2 Å². The molecular formula is C16H27NO3. The molecule has 2 unspecified atom stereocenters. The molecule has 0 fully saturated rings. The minimum atomic E-state index is 0.136. The van der Waals surface area contributed by atoms with Gasteiger partial charge in [0.05, 0.1) is 19.8 Å². The number of rotatable bonds is 9. The van der Waals surface area contributed by atoms with E-state index in [2.05, 4.69) is 19.2 Å². The number of methoxy groups -OCH3 is 1. The molecule has 1 aromatic carbocycles. The van der Waals surface area contributed by atoms with Gasteiger partial charge >= 0.3 is 0 Å². The molecule has 0 heterocycles. The standard InChI is InChI=1S/C16H27NO3/c1-5-12(3)20-15-8-7-13(9-16(15)19-4)10-17-14(6-2)11-18/h7-9,12,14,17-18H,5-6,10-11H2,1-4H3. The highest BCUT2D eigenvalue weighted by Crippen LogP contribution is 2.29. The SMILES string of the molecule is CCC(CO)NCc1ccc(OC(C)CC)c(OC)c1. The van der Waals surface area contributed by atoms with Crippen molar-refractivity contribution in [2.45, 2.75) is 52.3 Å². The van der Waals surface area contributed by atoms with Crippen LogP contribution in [0, 0.1) is 0 Å². The highest BCUT2D eigenvalue weighted by Gasteiger charge is 2.10. The van der Waals surface area contributed by atoms with E-state index in [9.17, 15) is 0 Å². The monoisotopic (exact) mass is 281 g/mol. The minimum absolute atomic E-state index is 0.136. The molecule has 4 nitrogen and oxygen atoms in total. The summed E-state index contributed by atoms with van der Waals surface area (Å²) >= 11 is 0. The van der Waals surface area contributed by atoms with Gasteiger partial charge in [0.1, 0.15) is 0 Å². The Morgan fingerprint density at radius 3 is 2.50 bits per heavy atom. The first-order chi connectivity index (χ1) is 9.64. The lowest BCUT2D eigenvalue weighted by Gasteiger charge is -2.17. The van der Waals surface area contributed by atoms with Crippen LogP contribution in [0.4, 0.5) is 0 Å². The molecule has 0 aliphatic carbocycles. The van der Waals surface area contributed by atoms with Crippen molar-refractivity contribution >= 4 is 0 Å². The summed E-state index contributed by atoms with van der Waals surface area (Å²) in [5.74, 6) is 1.53. The molecule has 0 aromatic heterocycles. The molecule has 0 bridgehead atoms. The van der Waals surface area contributed by atoms with Gasteiger partial charge in [-0.1, -0.05) is 19.9 Å². The highest BCUT2D eigenvalue weighted by molar-refractivity contribution is 5.43. The number of hydrogen-bond acceptors (Lipinski definition) is 4. The summed E-state index contributed by atoms with van der Waals surface area (Å²) in [7, 11) is 1.65. The second kappa shape index (κ2) is 8.82. The fourth-order valence-corrected chi connectivity index (χ4v) is 1.82. The van der Waals surface area contributed by atoms with Gasteiger partial charge in [-0.2, -0.15) is 0 Å². The van der Waals surface area contributed by atoms with E-state index >= 15 is 0 Å². The van der Waals surface area contributed by atoms with Crippen molar-refractivity contribution < 1.29 is 14.6 Å². The molecule has 0 aliphatic heterocycles. The fourth-order valence-electron chi connectivity index (χ4n) is 1.82. The Bertz CT molecular complexity index is 391. The average Bonchev–Trinajstić information content (AvgIpc) is 2.49. The predicted molar refractivity (Wildman–Crippen MR) is 81.4 cm³/mol. The summed E-state index contributed by atoms with van der Waals surface area (Å²) in [5.41, 5.74) is 1.12. The van der Waals surface area contributed by atoms with E-state index in [1.165, 1.54) is 0 Å². The summed E-state index contributed by atoms with van der Waals surface area (Å²) in [6, 6.07) is 6.09. The first-order valence-corrected chi connectivity index (χ1v) is 7.32. The lowest BCUT2D eigenvalue weighted by Crippen LogP contribution is -2.31. The largest absolute Gasteiger partial charge is 0.493 e. The third kappa shape index (κ3) is 5.02. The smallest absolute Gasteiger partial charge is 0.161 e. The molecule has 2 atom stereocenters. The quantitative estimate of drug-likeness (QED) is 0.731. The van der Waals surface area contributed by atoms with Gasteiger partial charge in [-0.3, -0.25) is 0 Å². The van der Waals surface area contributed by atoms with E-state index < -0.39 is 0 Å². The van der Waals surface area contributed by atoms with Crippen LogP contribution in [0.1, 0.15) is 39.2 Å². The molecule has 1 aromatic rings. The van der Waals surface area contributed by atoms with Crippen molar-refractivity contribution in [2.24, 2.45) is 0 Å². The lowest BCUT2D eigenvalue weighted by molar-refractivity contribution is 0.207. The van der Waals surface area contributed by atoms with Crippen LogP contribution in [0.5, 0.6) is 11.5 Å². The zero-order chi connectivity index (χ0) is 15.0. The Morgan fingerprint density at radius 1 is 1.20 bits per heavy atom. The van der Waals surface area contributed by atoms with Crippen LogP contribution in [-0.2, 0) is 6.54 Å². The van der Waals surface area contributed by atoms with E-state index in [0.717, 1.165) is 29.9 Å². The second-order valence-electron chi connectivity index (χ2n) is 4.99. The summed E-state index contributed by atoms with van der Waals surface area (Å²) in [5, 5.41) is 12.5. The number of aliphatic hydroxyl groups is 1. The fraction of sp³-hybridized carbons (Fsp3) is 0.625. The molecule has 0 saturated carbocycles. The van der Waals surface area contributed by atoms with E-state index in [-0.39, 0.29) is 18.8 Å². The maximum atomic E-state index is 9.17. The molecular weight excluding hydrogens is 254 g/mol. The molecule has 0 spiro atoms. The Balaban J connectivity index is 2.71. The Labute approximate surface area is 122 Å². The first kappa shape index (κ1) is 16.8. The molecule has 0 saturated heterocycles. The van der Waals surface area contributed by atoms with Gasteiger partial charge in [-0.25, -0.2) is 0 Å². The topological polar surface area (TPSA) is 50.7 Å². The van der Waals surface area contributed by atoms with Gasteiger partial charge in [0, 0.05) is 12.6 Å². The number of ether oxygens (including phenoxy) is 2. The van der Waals surface area contributed by atoms with Crippen LogP contribution in [-0.4, -0.2) is 31.0 Å². The minimum Gasteiger partial charge on any atom is -0.493 e. The van der Waals surface area contributed by atoms with E-state index in [1.54, 1.807) is 7.11 Å². The Kier molecular flexibility index (Phi) is 7.41.